The van der Waals surface area contributed by atoms with Crippen LogP contribution in [0.4, 0.5) is 8.78 Å². The van der Waals surface area contributed by atoms with Crippen molar-refractivity contribution in [3.05, 3.63) is 27.7 Å². The van der Waals surface area contributed by atoms with Crippen molar-refractivity contribution in [2.45, 2.75) is 39.8 Å². The molecule has 0 amide bonds. The monoisotopic (exact) mass is 313 g/mol. The lowest BCUT2D eigenvalue weighted by molar-refractivity contribution is -0.140. The van der Waals surface area contributed by atoms with E-state index >= 15 is 0 Å². The molecule has 0 saturated carbocycles. The highest BCUT2D eigenvalue weighted by molar-refractivity contribution is 5.82. The minimum absolute atomic E-state index is 0.00925. The molecule has 0 N–H and O–H groups in total. The average molecular weight is 313 g/mol. The SMILES string of the molecule is COC(=O)CCn1c(=O)cc(C)c2c(C)n(CC(F)F)nc21. The minimum Gasteiger partial charge on any atom is -0.469 e. The zero-order valence-corrected chi connectivity index (χ0v) is 12.6. The molecule has 2 heterocycles. The first-order chi connectivity index (χ1) is 10.3. The molecule has 2 rings (SSSR count). The number of nitrogens with zero attached hydrogens (tertiary/aromatic N) is 3. The van der Waals surface area contributed by atoms with Gasteiger partial charge in [0.05, 0.1) is 13.5 Å². The van der Waals surface area contributed by atoms with Crippen molar-refractivity contribution >= 4 is 17.0 Å². The van der Waals surface area contributed by atoms with Crippen molar-refractivity contribution in [3.63, 3.8) is 0 Å². The van der Waals surface area contributed by atoms with Gasteiger partial charge < -0.3 is 4.74 Å². The van der Waals surface area contributed by atoms with Gasteiger partial charge in [0.2, 0.25) is 0 Å². The summed E-state index contributed by atoms with van der Waals surface area (Å²) in [5, 5.41) is 4.78. The summed E-state index contributed by atoms with van der Waals surface area (Å²) in [6.45, 7) is 2.97. The first-order valence-corrected chi connectivity index (χ1v) is 6.77. The van der Waals surface area contributed by atoms with E-state index in [1.54, 1.807) is 13.8 Å². The molecule has 2 aromatic heterocycles. The van der Waals surface area contributed by atoms with E-state index < -0.39 is 18.9 Å². The van der Waals surface area contributed by atoms with Crippen molar-refractivity contribution in [1.29, 1.82) is 0 Å². The fourth-order valence-electron chi connectivity index (χ4n) is 2.45. The Labute approximate surface area is 125 Å². The van der Waals surface area contributed by atoms with E-state index in [9.17, 15) is 18.4 Å². The van der Waals surface area contributed by atoms with Gasteiger partial charge in [0, 0.05) is 23.7 Å². The quantitative estimate of drug-likeness (QED) is 0.787. The highest BCUT2D eigenvalue weighted by Crippen LogP contribution is 2.21. The number of pyridine rings is 1. The number of carbonyl (C=O) groups excluding carboxylic acids is 1. The first-order valence-electron chi connectivity index (χ1n) is 6.77. The number of hydrogen-bond donors (Lipinski definition) is 0. The Hall–Kier alpha value is -2.25. The van der Waals surface area contributed by atoms with Gasteiger partial charge >= 0.3 is 5.97 Å². The molecular formula is C14H17F2N3O3. The van der Waals surface area contributed by atoms with E-state index in [1.807, 2.05) is 0 Å². The van der Waals surface area contributed by atoms with Crippen molar-refractivity contribution in [2.24, 2.45) is 0 Å². The van der Waals surface area contributed by atoms with Crippen molar-refractivity contribution in [3.8, 4) is 0 Å². The number of ether oxygens (including phenoxy) is 1. The molecule has 0 aliphatic carbocycles. The Morgan fingerprint density at radius 1 is 1.41 bits per heavy atom. The van der Waals surface area contributed by atoms with Crippen LogP contribution in [0.2, 0.25) is 0 Å². The van der Waals surface area contributed by atoms with Crippen LogP contribution in [0.15, 0.2) is 10.9 Å². The highest BCUT2D eigenvalue weighted by Gasteiger charge is 2.17. The third-order valence-corrected chi connectivity index (χ3v) is 3.52. The summed E-state index contributed by atoms with van der Waals surface area (Å²) in [5.41, 5.74) is 1.23. The summed E-state index contributed by atoms with van der Waals surface area (Å²) in [5.74, 6) is -0.454. The number of hydrogen-bond acceptors (Lipinski definition) is 4. The number of aryl methyl sites for hydroxylation is 3. The van der Waals surface area contributed by atoms with Crippen LogP contribution < -0.4 is 5.56 Å². The van der Waals surface area contributed by atoms with Crippen molar-refractivity contribution in [1.82, 2.24) is 14.3 Å². The van der Waals surface area contributed by atoms with Crippen LogP contribution in [0.5, 0.6) is 0 Å². The molecule has 0 aromatic carbocycles. The first kappa shape index (κ1) is 16.1. The van der Waals surface area contributed by atoms with Crippen LogP contribution in [-0.2, 0) is 22.6 Å². The largest absolute Gasteiger partial charge is 0.469 e. The second-order valence-electron chi connectivity index (χ2n) is 5.00. The maximum Gasteiger partial charge on any atom is 0.307 e. The lowest BCUT2D eigenvalue weighted by Gasteiger charge is -2.07. The molecule has 0 aliphatic heterocycles. The predicted octanol–water partition coefficient (Wildman–Crippen LogP) is 1.64. The molecule has 0 spiro atoms. The summed E-state index contributed by atoms with van der Waals surface area (Å²) >= 11 is 0. The van der Waals surface area contributed by atoms with Crippen LogP contribution in [0.25, 0.3) is 11.0 Å². The number of esters is 1. The van der Waals surface area contributed by atoms with Gasteiger partial charge in [0.25, 0.3) is 12.0 Å². The van der Waals surface area contributed by atoms with Crippen LogP contribution >= 0.6 is 0 Å². The second-order valence-corrected chi connectivity index (χ2v) is 5.00. The molecule has 0 atom stereocenters. The van der Waals surface area contributed by atoms with Gasteiger partial charge in [-0.05, 0) is 19.4 Å². The number of aromatic nitrogens is 3. The van der Waals surface area contributed by atoms with E-state index in [2.05, 4.69) is 9.84 Å². The number of fused-ring (bicyclic) bond motifs is 1. The standard InChI is InChI=1S/C14H17F2N3O3/c1-8-6-11(20)18(5-4-12(21)22-3)14-13(8)9(2)19(17-14)7-10(15)16/h6,10H,4-5,7H2,1-3H3. The van der Waals surface area contributed by atoms with Gasteiger partial charge in [-0.3, -0.25) is 18.8 Å². The Bertz CT molecular complexity index is 765. The van der Waals surface area contributed by atoms with Crippen LogP contribution in [0.3, 0.4) is 0 Å². The number of rotatable bonds is 5. The maximum absolute atomic E-state index is 12.6. The zero-order valence-electron chi connectivity index (χ0n) is 12.6. The summed E-state index contributed by atoms with van der Waals surface area (Å²) < 4.78 is 32.3. The third-order valence-electron chi connectivity index (χ3n) is 3.52. The molecular weight excluding hydrogens is 296 g/mol. The molecule has 0 unspecified atom stereocenters. The predicted molar refractivity (Wildman–Crippen MR) is 76.1 cm³/mol. The van der Waals surface area contributed by atoms with Crippen LogP contribution in [0.1, 0.15) is 17.7 Å². The van der Waals surface area contributed by atoms with Crippen LogP contribution in [0, 0.1) is 13.8 Å². The Kier molecular flexibility index (Phi) is 4.58. The third kappa shape index (κ3) is 3.00. The Morgan fingerprint density at radius 3 is 2.68 bits per heavy atom. The summed E-state index contributed by atoms with van der Waals surface area (Å²) in [7, 11) is 1.26. The van der Waals surface area contributed by atoms with E-state index in [4.69, 9.17) is 0 Å². The number of methoxy groups -OCH3 is 1. The topological polar surface area (TPSA) is 66.1 Å². The lowest BCUT2D eigenvalue weighted by atomic mass is 10.1. The van der Waals surface area contributed by atoms with Crippen LogP contribution in [-0.4, -0.2) is 33.9 Å². The second kappa shape index (κ2) is 6.25. The molecule has 0 fully saturated rings. The molecule has 8 heteroatoms. The smallest absolute Gasteiger partial charge is 0.307 e. The lowest BCUT2D eigenvalue weighted by Crippen LogP contribution is -2.22. The highest BCUT2D eigenvalue weighted by atomic mass is 19.3. The van der Waals surface area contributed by atoms with E-state index in [1.165, 1.54) is 22.4 Å². The molecule has 0 aliphatic rings. The van der Waals surface area contributed by atoms with Gasteiger partial charge in [-0.1, -0.05) is 0 Å². The van der Waals surface area contributed by atoms with Gasteiger partial charge in [0.15, 0.2) is 5.65 Å². The number of halogens is 2. The molecule has 0 radical (unpaired) electrons. The van der Waals surface area contributed by atoms with Gasteiger partial charge in [-0.2, -0.15) is 5.10 Å². The number of carbonyl (C=O) groups is 1. The van der Waals surface area contributed by atoms with Crippen molar-refractivity contribution < 1.29 is 18.3 Å². The Balaban J connectivity index is 2.56. The fourth-order valence-corrected chi connectivity index (χ4v) is 2.45. The minimum atomic E-state index is -2.54. The molecule has 0 saturated heterocycles. The summed E-state index contributed by atoms with van der Waals surface area (Å²) in [6.07, 6.45) is -2.53. The van der Waals surface area contributed by atoms with Crippen molar-refractivity contribution in [2.75, 3.05) is 7.11 Å². The fraction of sp³-hybridized carbons (Fsp3) is 0.500. The molecule has 6 nitrogen and oxygen atoms in total. The van der Waals surface area contributed by atoms with Gasteiger partial charge in [-0.25, -0.2) is 8.78 Å². The van der Waals surface area contributed by atoms with E-state index in [0.29, 0.717) is 22.3 Å². The molecule has 0 bridgehead atoms. The van der Waals surface area contributed by atoms with Gasteiger partial charge in [-0.15, -0.1) is 0 Å². The summed E-state index contributed by atoms with van der Waals surface area (Å²) in [4.78, 5) is 23.4. The number of alkyl halides is 2. The Morgan fingerprint density at radius 2 is 2.09 bits per heavy atom. The summed E-state index contributed by atoms with van der Waals surface area (Å²) in [6, 6.07) is 1.42. The van der Waals surface area contributed by atoms with E-state index in [0.717, 1.165) is 0 Å². The maximum atomic E-state index is 12.6. The zero-order chi connectivity index (χ0) is 16.4. The van der Waals surface area contributed by atoms with Gasteiger partial charge in [0.1, 0.15) is 6.54 Å². The molecule has 120 valence electrons. The average Bonchev–Trinajstić information content (AvgIpc) is 2.75. The van der Waals surface area contributed by atoms with E-state index in [-0.39, 0.29) is 18.5 Å². The normalized spacial score (nSPS) is 11.4. The molecule has 22 heavy (non-hydrogen) atoms. The molecule has 2 aromatic rings.